The largest absolute Gasteiger partial charge is 0.395 e. The number of fused-ring (bicyclic) bond motifs is 1. The van der Waals surface area contributed by atoms with Crippen molar-refractivity contribution in [3.8, 4) is 0 Å². The number of nitrogens with two attached hydrogens (primary N) is 1. The van der Waals surface area contributed by atoms with E-state index in [0.29, 0.717) is 12.5 Å². The number of nitrogen functional groups attached to an aromatic ring is 1. The molecule has 14 heavy (non-hydrogen) atoms. The van der Waals surface area contributed by atoms with Gasteiger partial charge in [0.2, 0.25) is 5.95 Å². The third-order valence-electron chi connectivity index (χ3n) is 2.26. The molecule has 0 radical (unpaired) electrons. The number of hydrogen-bond acceptors (Lipinski definition) is 3. The second-order valence-corrected chi connectivity index (χ2v) is 3.34. The van der Waals surface area contributed by atoms with E-state index in [9.17, 15) is 0 Å². The fourth-order valence-electron chi connectivity index (χ4n) is 1.59. The molecule has 0 aliphatic carbocycles. The summed E-state index contributed by atoms with van der Waals surface area (Å²) in [5, 5.41) is 8.89. The molecule has 3 N–H and O–H groups in total. The van der Waals surface area contributed by atoms with Crippen molar-refractivity contribution in [3.63, 3.8) is 0 Å². The van der Waals surface area contributed by atoms with Crippen LogP contribution in [0.1, 0.15) is 5.56 Å². The molecule has 1 aromatic heterocycles. The highest BCUT2D eigenvalue weighted by molar-refractivity contribution is 5.79. The Hall–Kier alpha value is -1.55. The zero-order chi connectivity index (χ0) is 10.1. The van der Waals surface area contributed by atoms with Crippen LogP contribution in [0.2, 0.25) is 0 Å². The summed E-state index contributed by atoms with van der Waals surface area (Å²) >= 11 is 0. The van der Waals surface area contributed by atoms with Gasteiger partial charge in [0.25, 0.3) is 0 Å². The quantitative estimate of drug-likeness (QED) is 0.741. The molecule has 2 aromatic rings. The lowest BCUT2D eigenvalue weighted by Crippen LogP contribution is -2.06. The van der Waals surface area contributed by atoms with Crippen LogP contribution in [-0.4, -0.2) is 21.3 Å². The topological polar surface area (TPSA) is 64.1 Å². The molecule has 2 rings (SSSR count). The SMILES string of the molecule is Cc1ccc2nc(N)n(CCO)c2c1. The minimum atomic E-state index is 0.0730. The van der Waals surface area contributed by atoms with E-state index < -0.39 is 0 Å². The Morgan fingerprint density at radius 3 is 3.00 bits per heavy atom. The second kappa shape index (κ2) is 3.31. The van der Waals surface area contributed by atoms with E-state index in [4.69, 9.17) is 10.8 Å². The maximum absolute atomic E-state index is 8.89. The van der Waals surface area contributed by atoms with Gasteiger partial charge in [0, 0.05) is 6.54 Å². The van der Waals surface area contributed by atoms with Gasteiger partial charge in [0.05, 0.1) is 17.6 Å². The van der Waals surface area contributed by atoms with Crippen LogP contribution in [0.4, 0.5) is 5.95 Å². The first kappa shape index (κ1) is 9.02. The number of aliphatic hydroxyl groups excluding tert-OH is 1. The first-order valence-electron chi connectivity index (χ1n) is 4.55. The monoisotopic (exact) mass is 191 g/mol. The van der Waals surface area contributed by atoms with E-state index in [-0.39, 0.29) is 6.61 Å². The molecule has 4 heteroatoms. The number of hydrogen-bond donors (Lipinski definition) is 2. The average molecular weight is 191 g/mol. The predicted octanol–water partition coefficient (Wildman–Crippen LogP) is 0.919. The molecule has 0 aliphatic heterocycles. The zero-order valence-electron chi connectivity index (χ0n) is 8.07. The molecule has 0 atom stereocenters. The van der Waals surface area contributed by atoms with E-state index >= 15 is 0 Å². The van der Waals surface area contributed by atoms with Crippen molar-refractivity contribution < 1.29 is 5.11 Å². The third-order valence-corrected chi connectivity index (χ3v) is 2.26. The van der Waals surface area contributed by atoms with Crippen LogP contribution in [0.25, 0.3) is 11.0 Å². The van der Waals surface area contributed by atoms with E-state index in [1.54, 1.807) is 0 Å². The van der Waals surface area contributed by atoms with Gasteiger partial charge in [0.1, 0.15) is 0 Å². The maximum Gasteiger partial charge on any atom is 0.201 e. The molecule has 0 bridgehead atoms. The Kier molecular flexibility index (Phi) is 2.13. The van der Waals surface area contributed by atoms with Crippen LogP contribution in [0, 0.1) is 6.92 Å². The average Bonchev–Trinajstić information content (AvgIpc) is 2.45. The highest BCUT2D eigenvalue weighted by Gasteiger charge is 2.06. The first-order valence-corrected chi connectivity index (χ1v) is 4.55. The molecular weight excluding hydrogens is 178 g/mol. The summed E-state index contributed by atoms with van der Waals surface area (Å²) in [4.78, 5) is 4.20. The number of nitrogens with zero attached hydrogens (tertiary/aromatic N) is 2. The summed E-state index contributed by atoms with van der Waals surface area (Å²) in [6, 6.07) is 5.96. The van der Waals surface area contributed by atoms with Gasteiger partial charge in [-0.25, -0.2) is 4.98 Å². The molecule has 0 saturated carbocycles. The Labute approximate surface area is 82.0 Å². The highest BCUT2D eigenvalue weighted by Crippen LogP contribution is 2.18. The van der Waals surface area contributed by atoms with E-state index in [1.807, 2.05) is 29.7 Å². The highest BCUT2D eigenvalue weighted by atomic mass is 16.3. The van der Waals surface area contributed by atoms with Crippen LogP contribution in [0.5, 0.6) is 0 Å². The Bertz CT molecular complexity index is 462. The van der Waals surface area contributed by atoms with Crippen LogP contribution in [-0.2, 0) is 6.54 Å². The van der Waals surface area contributed by atoms with E-state index in [0.717, 1.165) is 16.6 Å². The van der Waals surface area contributed by atoms with Crippen molar-refractivity contribution in [2.75, 3.05) is 12.3 Å². The predicted molar refractivity (Wildman–Crippen MR) is 56.0 cm³/mol. The minimum Gasteiger partial charge on any atom is -0.395 e. The Morgan fingerprint density at radius 2 is 2.29 bits per heavy atom. The van der Waals surface area contributed by atoms with Crippen molar-refractivity contribution in [2.24, 2.45) is 0 Å². The standard InChI is InChI=1S/C10H13N3O/c1-7-2-3-8-9(6-7)13(4-5-14)10(11)12-8/h2-3,6,14H,4-5H2,1H3,(H2,11,12). The van der Waals surface area contributed by atoms with Gasteiger partial charge in [0.15, 0.2) is 0 Å². The number of aromatic nitrogens is 2. The van der Waals surface area contributed by atoms with Gasteiger partial charge in [-0.05, 0) is 24.6 Å². The Morgan fingerprint density at radius 1 is 1.50 bits per heavy atom. The van der Waals surface area contributed by atoms with Crippen molar-refractivity contribution in [2.45, 2.75) is 13.5 Å². The lowest BCUT2D eigenvalue weighted by molar-refractivity contribution is 0.278. The summed E-state index contributed by atoms with van der Waals surface area (Å²) in [5.41, 5.74) is 8.75. The molecule has 0 unspecified atom stereocenters. The van der Waals surface area contributed by atoms with Crippen LogP contribution in [0.3, 0.4) is 0 Å². The van der Waals surface area contributed by atoms with Crippen molar-refractivity contribution >= 4 is 17.0 Å². The van der Waals surface area contributed by atoms with Gasteiger partial charge in [-0.1, -0.05) is 6.07 Å². The molecule has 74 valence electrons. The van der Waals surface area contributed by atoms with Gasteiger partial charge in [-0.3, -0.25) is 0 Å². The summed E-state index contributed by atoms with van der Waals surface area (Å²) in [7, 11) is 0. The van der Waals surface area contributed by atoms with Crippen LogP contribution in [0.15, 0.2) is 18.2 Å². The van der Waals surface area contributed by atoms with Crippen LogP contribution < -0.4 is 5.73 Å². The van der Waals surface area contributed by atoms with Crippen molar-refractivity contribution in [1.29, 1.82) is 0 Å². The molecule has 0 aliphatic rings. The fourth-order valence-corrected chi connectivity index (χ4v) is 1.59. The van der Waals surface area contributed by atoms with E-state index in [2.05, 4.69) is 4.98 Å². The lowest BCUT2D eigenvalue weighted by atomic mass is 10.2. The lowest BCUT2D eigenvalue weighted by Gasteiger charge is -2.03. The number of benzene rings is 1. The normalized spacial score (nSPS) is 11.0. The fraction of sp³-hybridized carbons (Fsp3) is 0.300. The summed E-state index contributed by atoms with van der Waals surface area (Å²) in [5.74, 6) is 0.458. The summed E-state index contributed by atoms with van der Waals surface area (Å²) in [6.45, 7) is 2.58. The van der Waals surface area contributed by atoms with Gasteiger partial charge in [-0.15, -0.1) is 0 Å². The minimum absolute atomic E-state index is 0.0730. The first-order chi connectivity index (χ1) is 6.72. The molecule has 0 saturated heterocycles. The Balaban J connectivity index is 2.66. The second-order valence-electron chi connectivity index (χ2n) is 3.34. The van der Waals surface area contributed by atoms with Crippen molar-refractivity contribution in [3.05, 3.63) is 23.8 Å². The number of imidazole rings is 1. The van der Waals surface area contributed by atoms with Crippen LogP contribution >= 0.6 is 0 Å². The maximum atomic E-state index is 8.89. The number of rotatable bonds is 2. The van der Waals surface area contributed by atoms with E-state index in [1.165, 1.54) is 0 Å². The third kappa shape index (κ3) is 1.33. The summed E-state index contributed by atoms with van der Waals surface area (Å²) in [6.07, 6.45) is 0. The molecule has 1 heterocycles. The van der Waals surface area contributed by atoms with Gasteiger partial charge < -0.3 is 15.4 Å². The van der Waals surface area contributed by atoms with Gasteiger partial charge >= 0.3 is 0 Å². The smallest absolute Gasteiger partial charge is 0.201 e. The van der Waals surface area contributed by atoms with Gasteiger partial charge in [-0.2, -0.15) is 0 Å². The molecule has 4 nitrogen and oxygen atoms in total. The number of aliphatic hydroxyl groups is 1. The van der Waals surface area contributed by atoms with Crippen molar-refractivity contribution in [1.82, 2.24) is 9.55 Å². The zero-order valence-corrected chi connectivity index (χ0v) is 8.07. The molecule has 1 aromatic carbocycles. The molecular formula is C10H13N3O. The number of anilines is 1. The molecule has 0 fully saturated rings. The summed E-state index contributed by atoms with van der Waals surface area (Å²) < 4.78 is 1.82. The number of aryl methyl sites for hydroxylation is 1. The molecule has 0 spiro atoms. The molecule has 0 amide bonds.